The first-order valence-electron chi connectivity index (χ1n) is 6.61. The molecule has 5 nitrogen and oxygen atoms in total. The molecule has 6 heteroatoms. The molecule has 2 N–H and O–H groups in total. The Morgan fingerprint density at radius 1 is 1.45 bits per heavy atom. The van der Waals surface area contributed by atoms with Crippen molar-refractivity contribution >= 4 is 23.0 Å². The van der Waals surface area contributed by atoms with Crippen LogP contribution in [0.4, 0.5) is 0 Å². The van der Waals surface area contributed by atoms with Crippen LogP contribution in [0.25, 0.3) is 0 Å². The molecule has 1 aliphatic rings. The van der Waals surface area contributed by atoms with Crippen molar-refractivity contribution in [2.75, 3.05) is 26.2 Å². The second-order valence-electron chi connectivity index (χ2n) is 4.61. The highest BCUT2D eigenvalue weighted by atomic mass is 32.1. The highest BCUT2D eigenvalue weighted by Crippen LogP contribution is 2.16. The van der Waals surface area contributed by atoms with Gasteiger partial charge in [0.05, 0.1) is 18.0 Å². The van der Waals surface area contributed by atoms with Gasteiger partial charge in [-0.1, -0.05) is 6.07 Å². The molecule has 0 atom stereocenters. The van der Waals surface area contributed by atoms with E-state index < -0.39 is 0 Å². The summed E-state index contributed by atoms with van der Waals surface area (Å²) in [5, 5.41) is 13.2. The van der Waals surface area contributed by atoms with Crippen molar-refractivity contribution in [1.82, 2.24) is 10.2 Å². The number of aliphatic hydroxyl groups is 1. The van der Waals surface area contributed by atoms with Crippen molar-refractivity contribution in [3.8, 4) is 0 Å². The Hall–Kier alpha value is -1.66. The molecule has 0 aromatic carbocycles. The maximum atomic E-state index is 12.0. The van der Waals surface area contributed by atoms with E-state index in [1.54, 1.807) is 6.20 Å². The second kappa shape index (κ2) is 7.21. The number of ketones is 1. The Balaban J connectivity index is 1.95. The zero-order valence-corrected chi connectivity index (χ0v) is 12.0. The van der Waals surface area contributed by atoms with Crippen LogP contribution < -0.4 is 5.32 Å². The molecule has 108 valence electrons. The molecule has 0 spiro atoms. The summed E-state index contributed by atoms with van der Waals surface area (Å²) in [6, 6.07) is 3.67. The van der Waals surface area contributed by atoms with Crippen LogP contribution in [0.1, 0.15) is 22.5 Å². The third kappa shape index (κ3) is 3.91. The molecule has 1 aromatic rings. The number of rotatable bonds is 6. The zero-order chi connectivity index (χ0) is 14.4. The smallest absolute Gasteiger partial charge is 0.248 e. The van der Waals surface area contributed by atoms with Gasteiger partial charge in [-0.25, -0.2) is 0 Å². The van der Waals surface area contributed by atoms with Gasteiger partial charge in [-0.05, 0) is 24.3 Å². The van der Waals surface area contributed by atoms with E-state index >= 15 is 0 Å². The first-order valence-corrected chi connectivity index (χ1v) is 7.49. The molecule has 1 aromatic heterocycles. The van der Waals surface area contributed by atoms with Crippen LogP contribution in [-0.4, -0.2) is 47.9 Å². The van der Waals surface area contributed by atoms with Gasteiger partial charge >= 0.3 is 0 Å². The van der Waals surface area contributed by atoms with Crippen LogP contribution in [-0.2, 0) is 4.79 Å². The summed E-state index contributed by atoms with van der Waals surface area (Å²) in [5.74, 6) is -0.0828. The fraction of sp³-hybridized carbons (Fsp3) is 0.429. The Morgan fingerprint density at radius 3 is 3.00 bits per heavy atom. The van der Waals surface area contributed by atoms with Gasteiger partial charge in [-0.15, -0.1) is 11.3 Å². The maximum absolute atomic E-state index is 12.0. The Kier molecular flexibility index (Phi) is 5.31. The molecular weight excluding hydrogens is 276 g/mol. The van der Waals surface area contributed by atoms with Gasteiger partial charge in [0.2, 0.25) is 5.91 Å². The number of nitrogens with zero attached hydrogens (tertiary/aromatic N) is 1. The zero-order valence-electron chi connectivity index (χ0n) is 11.2. The van der Waals surface area contributed by atoms with Crippen LogP contribution in [0, 0.1) is 0 Å². The number of hydrogen-bond acceptors (Lipinski definition) is 5. The minimum absolute atomic E-state index is 0.0698. The molecular formula is C14H18N2O3S. The predicted octanol–water partition coefficient (Wildman–Crippen LogP) is 1.02. The molecule has 0 fully saturated rings. The first-order chi connectivity index (χ1) is 9.70. The number of aliphatic hydroxyl groups excluding tert-OH is 1. The molecule has 2 heterocycles. The fourth-order valence-corrected chi connectivity index (χ4v) is 2.76. The number of hydrogen-bond donors (Lipinski definition) is 2. The molecule has 0 radical (unpaired) electrons. The Labute approximate surface area is 121 Å². The summed E-state index contributed by atoms with van der Waals surface area (Å²) in [5.41, 5.74) is 0.670. The molecule has 0 bridgehead atoms. The van der Waals surface area contributed by atoms with Gasteiger partial charge in [0, 0.05) is 24.9 Å². The van der Waals surface area contributed by atoms with Gasteiger partial charge in [0.25, 0.3) is 0 Å². The van der Waals surface area contributed by atoms with Crippen molar-refractivity contribution < 1.29 is 14.7 Å². The van der Waals surface area contributed by atoms with Crippen molar-refractivity contribution in [2.24, 2.45) is 0 Å². The largest absolute Gasteiger partial charge is 0.395 e. The van der Waals surface area contributed by atoms with Gasteiger partial charge in [0.1, 0.15) is 0 Å². The maximum Gasteiger partial charge on any atom is 0.248 e. The lowest BCUT2D eigenvalue weighted by atomic mass is 10.1. The van der Waals surface area contributed by atoms with Crippen molar-refractivity contribution in [2.45, 2.75) is 12.8 Å². The summed E-state index contributed by atoms with van der Waals surface area (Å²) in [7, 11) is 0. The molecule has 20 heavy (non-hydrogen) atoms. The molecule has 1 aliphatic heterocycles. The lowest BCUT2D eigenvalue weighted by Crippen LogP contribution is -2.34. The van der Waals surface area contributed by atoms with Gasteiger partial charge in [0.15, 0.2) is 5.78 Å². The van der Waals surface area contributed by atoms with Crippen LogP contribution >= 0.6 is 11.3 Å². The van der Waals surface area contributed by atoms with Crippen LogP contribution in [0.2, 0.25) is 0 Å². The number of thiophene rings is 1. The van der Waals surface area contributed by atoms with Gasteiger partial charge in [-0.3, -0.25) is 9.59 Å². The molecule has 0 unspecified atom stereocenters. The fourth-order valence-electron chi connectivity index (χ4n) is 2.10. The summed E-state index contributed by atoms with van der Waals surface area (Å²) in [4.78, 5) is 26.5. The van der Waals surface area contributed by atoms with E-state index in [1.165, 1.54) is 11.3 Å². The van der Waals surface area contributed by atoms with Crippen molar-refractivity contribution in [1.29, 1.82) is 0 Å². The minimum Gasteiger partial charge on any atom is -0.395 e. The predicted molar refractivity (Wildman–Crippen MR) is 77.6 cm³/mol. The van der Waals surface area contributed by atoms with Crippen molar-refractivity contribution in [3.63, 3.8) is 0 Å². The van der Waals surface area contributed by atoms with E-state index in [1.807, 2.05) is 22.4 Å². The molecule has 0 saturated carbocycles. The number of amides is 1. The Bertz CT molecular complexity index is 497. The number of carbonyl (C=O) groups excluding carboxylic acids is 2. The summed E-state index contributed by atoms with van der Waals surface area (Å²) in [6.45, 7) is 1.27. The van der Waals surface area contributed by atoms with E-state index in [2.05, 4.69) is 5.32 Å². The van der Waals surface area contributed by atoms with Crippen LogP contribution in [0.3, 0.4) is 0 Å². The summed E-state index contributed by atoms with van der Waals surface area (Å²) in [6.07, 6.45) is 3.33. The SMILES string of the molecule is O=C(NCCO)C1=CN(CC(=O)c2cccs2)CCC1. The lowest BCUT2D eigenvalue weighted by molar-refractivity contribution is -0.118. The van der Waals surface area contributed by atoms with E-state index in [-0.39, 0.29) is 24.8 Å². The number of nitrogens with one attached hydrogen (secondary N) is 1. The van der Waals surface area contributed by atoms with Crippen molar-refractivity contribution in [3.05, 3.63) is 34.2 Å². The normalized spacial score (nSPS) is 14.8. The molecule has 1 amide bonds. The topological polar surface area (TPSA) is 69.6 Å². The Morgan fingerprint density at radius 2 is 2.30 bits per heavy atom. The monoisotopic (exact) mass is 294 g/mol. The molecule has 2 rings (SSSR count). The third-order valence-corrected chi connectivity index (χ3v) is 3.97. The highest BCUT2D eigenvalue weighted by molar-refractivity contribution is 7.12. The van der Waals surface area contributed by atoms with E-state index in [9.17, 15) is 9.59 Å². The van der Waals surface area contributed by atoms with Crippen LogP contribution in [0.5, 0.6) is 0 Å². The van der Waals surface area contributed by atoms with E-state index in [4.69, 9.17) is 5.11 Å². The van der Waals surface area contributed by atoms with E-state index in [0.29, 0.717) is 18.5 Å². The van der Waals surface area contributed by atoms with E-state index in [0.717, 1.165) is 17.8 Å². The minimum atomic E-state index is -0.160. The summed E-state index contributed by atoms with van der Waals surface area (Å²) >= 11 is 1.43. The first kappa shape index (κ1) is 14.7. The molecule has 0 saturated heterocycles. The van der Waals surface area contributed by atoms with Crippen LogP contribution in [0.15, 0.2) is 29.3 Å². The number of Topliss-reactive ketones (excluding diaryl/α,β-unsaturated/α-hetero) is 1. The standard InChI is InChI=1S/C14H18N2O3S/c17-7-5-15-14(19)11-3-1-6-16(9-11)10-12(18)13-4-2-8-20-13/h2,4,8-9,17H,1,3,5-7,10H2,(H,15,19). The average Bonchev–Trinajstić information content (AvgIpc) is 2.99. The summed E-state index contributed by atoms with van der Waals surface area (Å²) < 4.78 is 0. The third-order valence-electron chi connectivity index (χ3n) is 3.06. The lowest BCUT2D eigenvalue weighted by Gasteiger charge is -2.25. The molecule has 0 aliphatic carbocycles. The van der Waals surface area contributed by atoms with Gasteiger partial charge < -0.3 is 15.3 Å². The van der Waals surface area contributed by atoms with Gasteiger partial charge in [-0.2, -0.15) is 0 Å². The quantitative estimate of drug-likeness (QED) is 0.769. The highest BCUT2D eigenvalue weighted by Gasteiger charge is 2.18. The average molecular weight is 294 g/mol. The second-order valence-corrected chi connectivity index (χ2v) is 5.56. The number of carbonyl (C=O) groups is 2.